The van der Waals surface area contributed by atoms with Gasteiger partial charge in [-0.15, -0.1) is 11.3 Å². The van der Waals surface area contributed by atoms with Crippen LogP contribution < -0.4 is 4.90 Å². The minimum absolute atomic E-state index is 0.0515. The Labute approximate surface area is 153 Å². The number of aldehydes is 1. The summed E-state index contributed by atoms with van der Waals surface area (Å²) >= 11 is 8.09. The lowest BCUT2D eigenvalue weighted by molar-refractivity contribution is -0.00524. The van der Waals surface area contributed by atoms with Crippen molar-refractivity contribution in [3.8, 4) is 10.7 Å². The van der Waals surface area contributed by atoms with Crippen molar-refractivity contribution < 1.29 is 14.1 Å². The van der Waals surface area contributed by atoms with Crippen LogP contribution in [0.2, 0.25) is 5.02 Å². The van der Waals surface area contributed by atoms with Crippen LogP contribution in [0.15, 0.2) is 22.2 Å². The molecular formula is C17H16ClN3O3S. The Hall–Kier alpha value is -1.96. The number of anilines is 1. The van der Waals surface area contributed by atoms with E-state index in [4.69, 9.17) is 20.9 Å². The molecule has 0 amide bonds. The molecule has 1 aromatic carbocycles. The molecule has 6 nitrogen and oxygen atoms in total. The third-order valence-electron chi connectivity index (χ3n) is 4.21. The number of morpholine rings is 1. The van der Waals surface area contributed by atoms with E-state index in [9.17, 15) is 4.79 Å². The van der Waals surface area contributed by atoms with Crippen LogP contribution in [0.25, 0.3) is 21.7 Å². The van der Waals surface area contributed by atoms with Crippen LogP contribution in [0.5, 0.6) is 0 Å². The maximum atomic E-state index is 11.8. The van der Waals surface area contributed by atoms with Gasteiger partial charge in [-0.25, -0.2) is 4.98 Å². The summed E-state index contributed by atoms with van der Waals surface area (Å²) in [6, 6.07) is 1.78. The summed E-state index contributed by atoms with van der Waals surface area (Å²) in [5.41, 5.74) is 2.26. The Kier molecular flexibility index (Phi) is 4.23. The molecule has 4 rings (SSSR count). The fraction of sp³-hybridized carbons (Fsp3) is 0.353. The van der Waals surface area contributed by atoms with Gasteiger partial charge in [-0.3, -0.25) is 4.79 Å². The Balaban J connectivity index is 1.88. The van der Waals surface area contributed by atoms with E-state index in [0.29, 0.717) is 46.0 Å². The Morgan fingerprint density at radius 1 is 1.36 bits per heavy atom. The molecule has 0 spiro atoms. The number of benzene rings is 1. The second-order valence-corrected chi connectivity index (χ2v) is 7.43. The normalized spacial score (nSPS) is 21.0. The second kappa shape index (κ2) is 6.40. The van der Waals surface area contributed by atoms with Crippen molar-refractivity contribution in [2.24, 2.45) is 0 Å². The molecule has 0 saturated carbocycles. The standard InChI is InChI=1S/C17H16ClN3O3S/c1-9-6-21(7-10(2)23-9)15-11(8-22)5-12-14(17-19-3-4-25-17)20-24-16(12)13(15)18/h3-5,8-10H,6-7H2,1-2H3. The first-order valence-electron chi connectivity index (χ1n) is 7.95. The van der Waals surface area contributed by atoms with E-state index in [-0.39, 0.29) is 12.2 Å². The zero-order chi connectivity index (χ0) is 17.6. The molecule has 3 aromatic rings. The average Bonchev–Trinajstić information content (AvgIpc) is 3.22. The number of hydrogen-bond acceptors (Lipinski definition) is 7. The summed E-state index contributed by atoms with van der Waals surface area (Å²) in [4.78, 5) is 18.1. The molecule has 2 atom stereocenters. The predicted octanol–water partition coefficient (Wildman–Crippen LogP) is 4.03. The second-order valence-electron chi connectivity index (χ2n) is 6.15. The van der Waals surface area contributed by atoms with E-state index in [1.807, 2.05) is 19.2 Å². The van der Waals surface area contributed by atoms with Crippen molar-refractivity contribution in [2.45, 2.75) is 26.1 Å². The molecule has 1 saturated heterocycles. The maximum absolute atomic E-state index is 11.8. The average molecular weight is 378 g/mol. The third kappa shape index (κ3) is 2.82. The number of ether oxygens (including phenoxy) is 1. The number of nitrogens with zero attached hydrogens (tertiary/aromatic N) is 3. The van der Waals surface area contributed by atoms with Gasteiger partial charge in [0.05, 0.1) is 23.3 Å². The summed E-state index contributed by atoms with van der Waals surface area (Å²) in [5, 5.41) is 7.81. The Bertz CT molecular complexity index is 915. The summed E-state index contributed by atoms with van der Waals surface area (Å²) in [6.07, 6.45) is 2.63. The quantitative estimate of drug-likeness (QED) is 0.642. The van der Waals surface area contributed by atoms with Gasteiger partial charge in [0, 0.05) is 30.2 Å². The molecule has 0 aliphatic carbocycles. The van der Waals surface area contributed by atoms with Crippen molar-refractivity contribution in [3.05, 3.63) is 28.2 Å². The molecule has 25 heavy (non-hydrogen) atoms. The molecule has 1 aliphatic heterocycles. The molecule has 1 fully saturated rings. The number of rotatable bonds is 3. The Morgan fingerprint density at radius 2 is 2.12 bits per heavy atom. The lowest BCUT2D eigenvalue weighted by Crippen LogP contribution is -2.46. The van der Waals surface area contributed by atoms with Crippen molar-refractivity contribution in [3.63, 3.8) is 0 Å². The highest BCUT2D eigenvalue weighted by Gasteiger charge is 2.28. The Morgan fingerprint density at radius 3 is 2.76 bits per heavy atom. The smallest absolute Gasteiger partial charge is 0.188 e. The first-order valence-corrected chi connectivity index (χ1v) is 9.21. The lowest BCUT2D eigenvalue weighted by Gasteiger charge is -2.37. The molecule has 130 valence electrons. The lowest BCUT2D eigenvalue weighted by atomic mass is 10.1. The molecule has 0 radical (unpaired) electrons. The molecule has 2 unspecified atom stereocenters. The zero-order valence-electron chi connectivity index (χ0n) is 13.7. The van der Waals surface area contributed by atoms with Crippen molar-refractivity contribution in [1.29, 1.82) is 0 Å². The predicted molar refractivity (Wildman–Crippen MR) is 97.7 cm³/mol. The fourth-order valence-corrected chi connectivity index (χ4v) is 4.31. The van der Waals surface area contributed by atoms with Crippen LogP contribution >= 0.6 is 22.9 Å². The summed E-state index contributed by atoms with van der Waals surface area (Å²) < 4.78 is 11.3. The van der Waals surface area contributed by atoms with Gasteiger partial charge in [0.15, 0.2) is 11.9 Å². The van der Waals surface area contributed by atoms with Crippen LogP contribution in [0, 0.1) is 0 Å². The highest BCUT2D eigenvalue weighted by Crippen LogP contribution is 2.41. The summed E-state index contributed by atoms with van der Waals surface area (Å²) in [5.74, 6) is 0. The number of halogens is 1. The monoisotopic (exact) mass is 377 g/mol. The number of thiazole rings is 1. The van der Waals surface area contributed by atoms with Gasteiger partial charge in [-0.1, -0.05) is 16.8 Å². The van der Waals surface area contributed by atoms with Crippen LogP contribution in [0.1, 0.15) is 24.2 Å². The minimum Gasteiger partial charge on any atom is -0.372 e. The van der Waals surface area contributed by atoms with E-state index in [1.165, 1.54) is 11.3 Å². The van der Waals surface area contributed by atoms with E-state index < -0.39 is 0 Å². The van der Waals surface area contributed by atoms with Gasteiger partial charge < -0.3 is 14.2 Å². The molecule has 1 aliphatic rings. The zero-order valence-corrected chi connectivity index (χ0v) is 15.3. The largest absolute Gasteiger partial charge is 0.372 e. The molecular weight excluding hydrogens is 362 g/mol. The molecule has 0 bridgehead atoms. The van der Waals surface area contributed by atoms with Gasteiger partial charge in [0.1, 0.15) is 15.7 Å². The number of hydrogen-bond donors (Lipinski definition) is 0. The van der Waals surface area contributed by atoms with Gasteiger partial charge >= 0.3 is 0 Å². The van der Waals surface area contributed by atoms with Gasteiger partial charge in [0.25, 0.3) is 0 Å². The SMILES string of the molecule is CC1CN(c2c(C=O)cc3c(-c4nccs4)noc3c2Cl)CC(C)O1. The maximum Gasteiger partial charge on any atom is 0.188 e. The molecule has 8 heteroatoms. The molecule has 0 N–H and O–H groups in total. The highest BCUT2D eigenvalue weighted by molar-refractivity contribution is 7.13. The van der Waals surface area contributed by atoms with Crippen molar-refractivity contribution in [2.75, 3.05) is 18.0 Å². The van der Waals surface area contributed by atoms with Crippen LogP contribution in [0.3, 0.4) is 0 Å². The number of fused-ring (bicyclic) bond motifs is 1. The van der Waals surface area contributed by atoms with Gasteiger partial charge in [0.2, 0.25) is 0 Å². The van der Waals surface area contributed by atoms with Crippen LogP contribution in [-0.4, -0.2) is 41.7 Å². The fourth-order valence-electron chi connectivity index (χ4n) is 3.31. The third-order valence-corrected chi connectivity index (χ3v) is 5.34. The number of carbonyl (C=O) groups is 1. The van der Waals surface area contributed by atoms with E-state index in [2.05, 4.69) is 15.0 Å². The van der Waals surface area contributed by atoms with Gasteiger partial charge in [-0.05, 0) is 19.9 Å². The van der Waals surface area contributed by atoms with E-state index in [1.54, 1.807) is 12.3 Å². The van der Waals surface area contributed by atoms with Crippen molar-refractivity contribution >= 4 is 45.9 Å². The summed E-state index contributed by atoms with van der Waals surface area (Å²) in [6.45, 7) is 5.32. The highest BCUT2D eigenvalue weighted by atomic mass is 35.5. The number of carbonyl (C=O) groups excluding carboxylic acids is 1. The van der Waals surface area contributed by atoms with Crippen molar-refractivity contribution in [1.82, 2.24) is 10.1 Å². The topological polar surface area (TPSA) is 68.5 Å². The molecule has 3 heterocycles. The first kappa shape index (κ1) is 16.5. The molecule has 2 aromatic heterocycles. The summed E-state index contributed by atoms with van der Waals surface area (Å²) in [7, 11) is 0. The van der Waals surface area contributed by atoms with Crippen LogP contribution in [-0.2, 0) is 4.74 Å². The van der Waals surface area contributed by atoms with E-state index in [0.717, 1.165) is 11.3 Å². The first-order chi connectivity index (χ1) is 12.1. The van der Waals surface area contributed by atoms with Crippen LogP contribution in [0.4, 0.5) is 5.69 Å². The van der Waals surface area contributed by atoms with Gasteiger partial charge in [-0.2, -0.15) is 0 Å². The minimum atomic E-state index is 0.0515. The number of aromatic nitrogens is 2. The van der Waals surface area contributed by atoms with E-state index >= 15 is 0 Å².